The summed E-state index contributed by atoms with van der Waals surface area (Å²) in [5, 5.41) is 10.4. The van der Waals surface area contributed by atoms with Crippen LogP contribution in [-0.2, 0) is 5.41 Å². The standard InChI is InChI=1S/C15H14N2S/c1-11-13(12-6-3-2-4-7-12)17-14(18-11)15(10-16)8-5-9-15/h2-4,6-7H,5,8-9H2,1H3. The second-order valence-corrected chi connectivity index (χ2v) is 6.04. The number of hydrogen-bond donors (Lipinski definition) is 0. The lowest BCUT2D eigenvalue weighted by Gasteiger charge is -2.32. The van der Waals surface area contributed by atoms with Crippen LogP contribution in [0.15, 0.2) is 30.3 Å². The number of thiazole rings is 1. The molecule has 3 rings (SSSR count). The Bertz CT molecular complexity index is 603. The Balaban J connectivity index is 2.05. The molecule has 1 aliphatic carbocycles. The van der Waals surface area contributed by atoms with Crippen molar-refractivity contribution in [2.45, 2.75) is 31.6 Å². The second-order valence-electron chi connectivity index (χ2n) is 4.84. The van der Waals surface area contributed by atoms with Crippen molar-refractivity contribution in [2.75, 3.05) is 0 Å². The van der Waals surface area contributed by atoms with Gasteiger partial charge >= 0.3 is 0 Å². The molecule has 0 radical (unpaired) electrons. The number of nitrogens with zero attached hydrogens (tertiary/aromatic N) is 2. The number of rotatable bonds is 2. The van der Waals surface area contributed by atoms with Crippen LogP contribution in [0.1, 0.15) is 29.1 Å². The number of hydrogen-bond acceptors (Lipinski definition) is 3. The molecule has 0 aliphatic heterocycles. The number of benzene rings is 1. The minimum atomic E-state index is -0.289. The molecule has 0 saturated heterocycles. The molecule has 0 bridgehead atoms. The minimum Gasteiger partial charge on any atom is -0.239 e. The Kier molecular flexibility index (Phi) is 2.68. The van der Waals surface area contributed by atoms with Gasteiger partial charge in [0.2, 0.25) is 0 Å². The van der Waals surface area contributed by atoms with Gasteiger partial charge in [-0.15, -0.1) is 11.3 Å². The van der Waals surface area contributed by atoms with E-state index in [2.05, 4.69) is 25.1 Å². The van der Waals surface area contributed by atoms with Crippen LogP contribution in [0, 0.1) is 18.3 Å². The van der Waals surface area contributed by atoms with Crippen molar-refractivity contribution < 1.29 is 0 Å². The maximum Gasteiger partial charge on any atom is 0.114 e. The molecule has 1 saturated carbocycles. The van der Waals surface area contributed by atoms with Crippen molar-refractivity contribution in [3.05, 3.63) is 40.2 Å². The highest BCUT2D eigenvalue weighted by Crippen LogP contribution is 2.46. The first-order valence-electron chi connectivity index (χ1n) is 6.20. The third kappa shape index (κ3) is 1.65. The first-order valence-corrected chi connectivity index (χ1v) is 7.01. The third-order valence-electron chi connectivity index (χ3n) is 3.67. The van der Waals surface area contributed by atoms with Crippen LogP contribution in [-0.4, -0.2) is 4.98 Å². The molecule has 0 N–H and O–H groups in total. The number of aryl methyl sites for hydroxylation is 1. The Hall–Kier alpha value is -1.66. The molecule has 0 spiro atoms. The van der Waals surface area contributed by atoms with E-state index in [0.717, 1.165) is 35.5 Å². The van der Waals surface area contributed by atoms with Crippen LogP contribution in [0.5, 0.6) is 0 Å². The van der Waals surface area contributed by atoms with Gasteiger partial charge in [0, 0.05) is 10.4 Å². The summed E-state index contributed by atoms with van der Waals surface area (Å²) in [5.74, 6) is 0. The Morgan fingerprint density at radius 2 is 2.00 bits per heavy atom. The lowest BCUT2D eigenvalue weighted by molar-refractivity contribution is 0.323. The molecule has 3 heteroatoms. The summed E-state index contributed by atoms with van der Waals surface area (Å²) in [4.78, 5) is 5.95. The monoisotopic (exact) mass is 254 g/mol. The largest absolute Gasteiger partial charge is 0.239 e. The second kappa shape index (κ2) is 4.22. The molecule has 1 aliphatic rings. The Labute approximate surface area is 111 Å². The molecule has 90 valence electrons. The van der Waals surface area contributed by atoms with E-state index in [-0.39, 0.29) is 5.41 Å². The van der Waals surface area contributed by atoms with E-state index in [1.165, 1.54) is 4.88 Å². The molecule has 1 aromatic heterocycles. The normalized spacial score (nSPS) is 16.9. The van der Waals surface area contributed by atoms with Gasteiger partial charge in [-0.25, -0.2) is 4.98 Å². The SMILES string of the molecule is Cc1sc(C2(C#N)CCC2)nc1-c1ccccc1. The van der Waals surface area contributed by atoms with E-state index >= 15 is 0 Å². The molecule has 0 amide bonds. The Morgan fingerprint density at radius 1 is 1.28 bits per heavy atom. The van der Waals surface area contributed by atoms with Gasteiger partial charge in [0.25, 0.3) is 0 Å². The molecular formula is C15H14N2S. The summed E-state index contributed by atoms with van der Waals surface area (Å²) in [7, 11) is 0. The van der Waals surface area contributed by atoms with Crippen LogP contribution < -0.4 is 0 Å². The highest BCUT2D eigenvalue weighted by molar-refractivity contribution is 7.12. The van der Waals surface area contributed by atoms with E-state index in [9.17, 15) is 5.26 Å². The number of aromatic nitrogens is 1. The summed E-state index contributed by atoms with van der Waals surface area (Å²) in [6, 6.07) is 12.7. The maximum absolute atomic E-state index is 9.38. The van der Waals surface area contributed by atoms with Gasteiger partial charge in [-0.1, -0.05) is 30.3 Å². The molecule has 1 heterocycles. The zero-order chi connectivity index (χ0) is 12.6. The van der Waals surface area contributed by atoms with Crippen molar-refractivity contribution in [3.8, 4) is 17.3 Å². The predicted molar refractivity (Wildman–Crippen MR) is 73.4 cm³/mol. The maximum atomic E-state index is 9.38. The van der Waals surface area contributed by atoms with Gasteiger partial charge in [-0.05, 0) is 26.2 Å². The molecule has 2 nitrogen and oxygen atoms in total. The molecule has 2 aromatic rings. The highest BCUT2D eigenvalue weighted by Gasteiger charge is 2.42. The summed E-state index contributed by atoms with van der Waals surface area (Å²) in [5.41, 5.74) is 1.89. The zero-order valence-corrected chi connectivity index (χ0v) is 11.1. The van der Waals surface area contributed by atoms with Crippen LogP contribution >= 0.6 is 11.3 Å². The smallest absolute Gasteiger partial charge is 0.114 e. The van der Waals surface area contributed by atoms with E-state index in [1.54, 1.807) is 11.3 Å². The van der Waals surface area contributed by atoms with Crippen LogP contribution in [0.2, 0.25) is 0 Å². The lowest BCUT2D eigenvalue weighted by atomic mass is 9.70. The van der Waals surface area contributed by atoms with Crippen LogP contribution in [0.4, 0.5) is 0 Å². The fraction of sp³-hybridized carbons (Fsp3) is 0.333. The van der Waals surface area contributed by atoms with E-state index in [4.69, 9.17) is 4.98 Å². The molecule has 0 atom stereocenters. The van der Waals surface area contributed by atoms with Gasteiger partial charge < -0.3 is 0 Å². The molecule has 0 unspecified atom stereocenters. The van der Waals surface area contributed by atoms with E-state index in [0.29, 0.717) is 0 Å². The zero-order valence-electron chi connectivity index (χ0n) is 10.3. The van der Waals surface area contributed by atoms with Gasteiger partial charge in [-0.3, -0.25) is 0 Å². The average molecular weight is 254 g/mol. The summed E-state index contributed by atoms with van der Waals surface area (Å²) >= 11 is 1.68. The van der Waals surface area contributed by atoms with Gasteiger partial charge in [0.05, 0.1) is 11.8 Å². The Morgan fingerprint density at radius 3 is 2.56 bits per heavy atom. The molecule has 1 aromatic carbocycles. The fourth-order valence-corrected chi connectivity index (χ4v) is 3.50. The average Bonchev–Trinajstić information content (AvgIpc) is 2.72. The topological polar surface area (TPSA) is 36.7 Å². The van der Waals surface area contributed by atoms with Crippen molar-refractivity contribution in [2.24, 2.45) is 0 Å². The van der Waals surface area contributed by atoms with Gasteiger partial charge in [0.15, 0.2) is 0 Å². The molecular weight excluding hydrogens is 240 g/mol. The summed E-state index contributed by atoms with van der Waals surface area (Å²) in [6.45, 7) is 2.09. The number of nitriles is 1. The van der Waals surface area contributed by atoms with Gasteiger partial charge in [0.1, 0.15) is 10.4 Å². The lowest BCUT2D eigenvalue weighted by Crippen LogP contribution is -2.32. The van der Waals surface area contributed by atoms with Crippen molar-refractivity contribution >= 4 is 11.3 Å². The first kappa shape index (κ1) is 11.4. The highest BCUT2D eigenvalue weighted by atomic mass is 32.1. The van der Waals surface area contributed by atoms with Gasteiger partial charge in [-0.2, -0.15) is 5.26 Å². The minimum absolute atomic E-state index is 0.289. The van der Waals surface area contributed by atoms with Crippen molar-refractivity contribution in [3.63, 3.8) is 0 Å². The fourth-order valence-electron chi connectivity index (χ4n) is 2.37. The first-order chi connectivity index (χ1) is 8.75. The molecule has 18 heavy (non-hydrogen) atoms. The van der Waals surface area contributed by atoms with Crippen molar-refractivity contribution in [1.82, 2.24) is 4.98 Å². The summed E-state index contributed by atoms with van der Waals surface area (Å²) in [6.07, 6.45) is 3.07. The van der Waals surface area contributed by atoms with Crippen LogP contribution in [0.25, 0.3) is 11.3 Å². The predicted octanol–water partition coefficient (Wildman–Crippen LogP) is 4.06. The van der Waals surface area contributed by atoms with E-state index < -0.39 is 0 Å². The summed E-state index contributed by atoms with van der Waals surface area (Å²) < 4.78 is 0. The van der Waals surface area contributed by atoms with E-state index in [1.807, 2.05) is 18.2 Å². The molecule has 1 fully saturated rings. The third-order valence-corrected chi connectivity index (χ3v) is 4.85. The quantitative estimate of drug-likeness (QED) is 0.810. The van der Waals surface area contributed by atoms with Crippen molar-refractivity contribution in [1.29, 1.82) is 5.26 Å². The van der Waals surface area contributed by atoms with Crippen LogP contribution in [0.3, 0.4) is 0 Å².